The number of likely N-dealkylation sites (tertiary alicyclic amines) is 2. The highest BCUT2D eigenvalue weighted by Gasteiger charge is 2.39. The van der Waals surface area contributed by atoms with Crippen LogP contribution in [0.3, 0.4) is 0 Å². The third kappa shape index (κ3) is 10.8. The SMILES string of the molecule is Cc1nc(CN2CCC3(CC2)CCN(Cc2nccs2)CC3)cs1.O=C(O)C(F)(F)F.O=C(O)C(F)(F)F. The molecule has 0 unspecified atom stereocenters. The van der Waals surface area contributed by atoms with Crippen molar-refractivity contribution in [2.45, 2.75) is 58.0 Å². The number of carbonyl (C=O) groups is 2. The predicted octanol–water partition coefficient (Wildman–Crippen LogP) is 5.05. The lowest BCUT2D eigenvalue weighted by molar-refractivity contribution is -0.193. The fourth-order valence-corrected chi connectivity index (χ4v) is 5.36. The molecule has 0 aromatic carbocycles. The van der Waals surface area contributed by atoms with E-state index in [1.165, 1.54) is 67.6 Å². The summed E-state index contributed by atoms with van der Waals surface area (Å²) >= 11 is 3.55. The van der Waals surface area contributed by atoms with Crippen LogP contribution in [0.25, 0.3) is 0 Å². The summed E-state index contributed by atoms with van der Waals surface area (Å²) in [6.07, 6.45) is -2.79. The average Bonchev–Trinajstić information content (AvgIpc) is 3.48. The van der Waals surface area contributed by atoms with Gasteiger partial charge in [0.05, 0.1) is 17.2 Å². The van der Waals surface area contributed by atoms with Gasteiger partial charge >= 0.3 is 24.3 Å². The average molecular weight is 591 g/mol. The van der Waals surface area contributed by atoms with Crippen LogP contribution in [-0.4, -0.2) is 80.5 Å². The minimum absolute atomic E-state index is 0.605. The molecule has 0 atom stereocenters. The van der Waals surface area contributed by atoms with Crippen molar-refractivity contribution in [3.63, 3.8) is 0 Å². The molecule has 2 aliphatic heterocycles. The van der Waals surface area contributed by atoms with E-state index in [-0.39, 0.29) is 0 Å². The Morgan fingerprint density at radius 2 is 1.34 bits per heavy atom. The number of aromatic nitrogens is 2. The highest BCUT2D eigenvalue weighted by molar-refractivity contribution is 7.09. The van der Waals surface area contributed by atoms with E-state index >= 15 is 0 Å². The van der Waals surface area contributed by atoms with Gasteiger partial charge in [-0.3, -0.25) is 9.80 Å². The number of nitrogens with zero attached hydrogens (tertiary/aromatic N) is 4. The van der Waals surface area contributed by atoms with Gasteiger partial charge < -0.3 is 10.2 Å². The zero-order chi connectivity index (χ0) is 28.6. The van der Waals surface area contributed by atoms with Crippen molar-refractivity contribution >= 4 is 34.6 Å². The number of aryl methyl sites for hydroxylation is 1. The van der Waals surface area contributed by atoms with Crippen LogP contribution >= 0.6 is 22.7 Å². The highest BCUT2D eigenvalue weighted by atomic mass is 32.1. The van der Waals surface area contributed by atoms with Gasteiger partial charge in [-0.2, -0.15) is 26.3 Å². The lowest BCUT2D eigenvalue weighted by atomic mass is 9.71. The standard InChI is InChI=1S/C18H26N4S2.2C2HF3O2/c1-15-20-16(14-24-15)12-21-7-2-18(3-8-21)4-9-22(10-5-18)13-17-19-6-11-23-17;2*3-2(4,5)1(6)7/h6,11,14H,2-5,7-10,12-13H2,1H3;2*(H,6,7). The van der Waals surface area contributed by atoms with Crippen molar-refractivity contribution in [1.29, 1.82) is 0 Å². The Morgan fingerprint density at radius 1 is 0.895 bits per heavy atom. The van der Waals surface area contributed by atoms with Crippen LogP contribution in [0.1, 0.15) is 41.4 Å². The molecule has 1 spiro atoms. The van der Waals surface area contributed by atoms with Gasteiger partial charge in [-0.25, -0.2) is 19.6 Å². The van der Waals surface area contributed by atoms with Gasteiger partial charge in [0.25, 0.3) is 0 Å². The fraction of sp³-hybridized carbons (Fsp3) is 0.636. The molecule has 0 bridgehead atoms. The molecule has 4 rings (SSSR count). The van der Waals surface area contributed by atoms with Crippen LogP contribution in [0.4, 0.5) is 26.3 Å². The molecule has 0 aliphatic carbocycles. The Morgan fingerprint density at radius 3 is 1.68 bits per heavy atom. The molecule has 0 saturated carbocycles. The number of piperidine rings is 2. The topological polar surface area (TPSA) is 107 Å². The first-order valence-electron chi connectivity index (χ1n) is 11.4. The lowest BCUT2D eigenvalue weighted by Crippen LogP contribution is -2.46. The van der Waals surface area contributed by atoms with E-state index in [1.807, 2.05) is 6.20 Å². The van der Waals surface area contributed by atoms with Crippen LogP contribution in [0.2, 0.25) is 0 Å². The molecular formula is C22H28F6N4O4S2. The van der Waals surface area contributed by atoms with Crippen molar-refractivity contribution in [2.24, 2.45) is 5.41 Å². The number of halogens is 6. The van der Waals surface area contributed by atoms with Gasteiger partial charge in [0.15, 0.2) is 0 Å². The first-order valence-corrected chi connectivity index (χ1v) is 13.2. The third-order valence-corrected chi connectivity index (χ3v) is 7.80. The summed E-state index contributed by atoms with van der Waals surface area (Å²) < 4.78 is 63.5. The number of aliphatic carboxylic acids is 2. The smallest absolute Gasteiger partial charge is 0.475 e. The van der Waals surface area contributed by atoms with Gasteiger partial charge in [-0.1, -0.05) is 0 Å². The summed E-state index contributed by atoms with van der Waals surface area (Å²) in [6, 6.07) is 0. The van der Waals surface area contributed by atoms with Crippen LogP contribution in [0, 0.1) is 12.3 Å². The van der Waals surface area contributed by atoms with Gasteiger partial charge in [0.2, 0.25) is 0 Å². The first kappa shape index (κ1) is 31.9. The molecule has 2 N–H and O–H groups in total. The summed E-state index contributed by atoms with van der Waals surface area (Å²) in [6.45, 7) is 9.14. The number of thiazole rings is 2. The maximum absolute atomic E-state index is 10.6. The second-order valence-electron chi connectivity index (χ2n) is 8.94. The molecule has 214 valence electrons. The van der Waals surface area contributed by atoms with Crippen molar-refractivity contribution in [3.05, 3.63) is 32.7 Å². The second-order valence-corrected chi connectivity index (χ2v) is 11.0. The molecule has 8 nitrogen and oxygen atoms in total. The van der Waals surface area contributed by atoms with E-state index < -0.39 is 24.3 Å². The number of carboxylic acid groups (broad SMARTS) is 2. The van der Waals surface area contributed by atoms with Crippen molar-refractivity contribution < 1.29 is 46.1 Å². The Bertz CT molecular complexity index is 988. The molecule has 2 aromatic heterocycles. The number of rotatable bonds is 4. The number of alkyl halides is 6. The minimum Gasteiger partial charge on any atom is -0.475 e. The molecule has 16 heteroatoms. The lowest BCUT2D eigenvalue weighted by Gasteiger charge is -2.46. The summed E-state index contributed by atoms with van der Waals surface area (Å²) in [5.74, 6) is -5.51. The maximum Gasteiger partial charge on any atom is 0.490 e. The molecule has 2 saturated heterocycles. The van der Waals surface area contributed by atoms with E-state index in [0.29, 0.717) is 5.41 Å². The summed E-state index contributed by atoms with van der Waals surface area (Å²) in [7, 11) is 0. The Labute approximate surface area is 222 Å². The Hall–Kier alpha value is -2.30. The zero-order valence-electron chi connectivity index (χ0n) is 20.4. The number of carboxylic acids is 2. The van der Waals surface area contributed by atoms with Crippen molar-refractivity contribution in [2.75, 3.05) is 26.2 Å². The van der Waals surface area contributed by atoms with Crippen LogP contribution in [0.5, 0.6) is 0 Å². The van der Waals surface area contributed by atoms with E-state index in [9.17, 15) is 26.3 Å². The monoisotopic (exact) mass is 590 g/mol. The molecule has 38 heavy (non-hydrogen) atoms. The molecule has 2 fully saturated rings. The number of hydrogen-bond donors (Lipinski definition) is 2. The Kier molecular flexibility index (Phi) is 11.5. The van der Waals surface area contributed by atoms with Crippen LogP contribution < -0.4 is 0 Å². The molecule has 2 aliphatic rings. The zero-order valence-corrected chi connectivity index (χ0v) is 22.0. The largest absolute Gasteiger partial charge is 0.490 e. The van der Waals surface area contributed by atoms with Crippen LogP contribution in [-0.2, 0) is 22.7 Å². The first-order chi connectivity index (χ1) is 17.6. The van der Waals surface area contributed by atoms with Crippen molar-refractivity contribution in [3.8, 4) is 0 Å². The van der Waals surface area contributed by atoms with Gasteiger partial charge in [-0.05, 0) is 64.2 Å². The molecule has 4 heterocycles. The summed E-state index contributed by atoms with van der Waals surface area (Å²) in [5.41, 5.74) is 1.86. The van der Waals surface area contributed by atoms with E-state index in [2.05, 4.69) is 37.5 Å². The van der Waals surface area contributed by atoms with E-state index in [4.69, 9.17) is 19.8 Å². The predicted molar refractivity (Wildman–Crippen MR) is 128 cm³/mol. The quantitative estimate of drug-likeness (QED) is 0.477. The second kappa shape index (κ2) is 13.7. The van der Waals surface area contributed by atoms with E-state index in [0.717, 1.165) is 13.1 Å². The van der Waals surface area contributed by atoms with E-state index in [1.54, 1.807) is 22.7 Å². The molecular weight excluding hydrogens is 562 g/mol. The number of hydrogen-bond acceptors (Lipinski definition) is 8. The van der Waals surface area contributed by atoms with Crippen molar-refractivity contribution in [1.82, 2.24) is 19.8 Å². The van der Waals surface area contributed by atoms with Gasteiger partial charge in [-0.15, -0.1) is 22.7 Å². The fourth-order valence-electron chi connectivity index (χ4n) is 4.10. The van der Waals surface area contributed by atoms with Gasteiger partial charge in [0.1, 0.15) is 5.01 Å². The highest BCUT2D eigenvalue weighted by Crippen LogP contribution is 2.41. The summed E-state index contributed by atoms with van der Waals surface area (Å²) in [4.78, 5) is 32.0. The third-order valence-electron chi connectivity index (χ3n) is 6.21. The molecule has 2 aromatic rings. The van der Waals surface area contributed by atoms with Gasteiger partial charge in [0, 0.05) is 23.5 Å². The normalized spacial score (nSPS) is 18.2. The summed E-state index contributed by atoms with van der Waals surface area (Å²) in [5, 5.41) is 21.0. The minimum atomic E-state index is -5.08. The molecule has 0 amide bonds. The van der Waals surface area contributed by atoms with Crippen LogP contribution in [0.15, 0.2) is 17.0 Å². The Balaban J connectivity index is 0.000000301. The molecule has 0 radical (unpaired) electrons. The maximum atomic E-state index is 10.6.